The maximum atomic E-state index is 11.9. The molecule has 1 fully saturated rings. The van der Waals surface area contributed by atoms with Gasteiger partial charge in [-0.2, -0.15) is 0 Å². The van der Waals surface area contributed by atoms with E-state index in [2.05, 4.69) is 5.32 Å². The second-order valence-electron chi connectivity index (χ2n) is 6.00. The van der Waals surface area contributed by atoms with Crippen molar-refractivity contribution in [3.05, 3.63) is 0 Å². The SMILES string of the molecule is CC(C)CS(=O)(=O)CCC(=O)NC1(CN)CCCC1.Cl. The third kappa shape index (κ3) is 6.41. The molecule has 0 bridgehead atoms. The summed E-state index contributed by atoms with van der Waals surface area (Å²) in [6.07, 6.45) is 3.98. The van der Waals surface area contributed by atoms with Gasteiger partial charge in [0.1, 0.15) is 0 Å². The summed E-state index contributed by atoms with van der Waals surface area (Å²) in [4.78, 5) is 11.9. The summed E-state index contributed by atoms with van der Waals surface area (Å²) in [6.45, 7) is 4.15. The van der Waals surface area contributed by atoms with E-state index < -0.39 is 9.84 Å². The van der Waals surface area contributed by atoms with E-state index in [1.54, 1.807) is 0 Å². The molecule has 0 aromatic rings. The number of carbonyl (C=O) groups excluding carboxylic acids is 1. The quantitative estimate of drug-likeness (QED) is 0.737. The molecule has 5 nitrogen and oxygen atoms in total. The van der Waals surface area contributed by atoms with Gasteiger partial charge in [-0.3, -0.25) is 4.79 Å². The Labute approximate surface area is 128 Å². The van der Waals surface area contributed by atoms with Crippen molar-refractivity contribution in [1.29, 1.82) is 0 Å². The Morgan fingerprint density at radius 1 is 1.30 bits per heavy atom. The van der Waals surface area contributed by atoms with Gasteiger partial charge in [-0.15, -0.1) is 12.4 Å². The first-order chi connectivity index (χ1) is 8.79. The Hall–Kier alpha value is -0.330. The Bertz CT molecular complexity index is 404. The second kappa shape index (κ2) is 8.20. The summed E-state index contributed by atoms with van der Waals surface area (Å²) >= 11 is 0. The first kappa shape index (κ1) is 19.7. The van der Waals surface area contributed by atoms with E-state index in [1.165, 1.54) is 0 Å². The molecule has 7 heteroatoms. The van der Waals surface area contributed by atoms with Gasteiger partial charge in [0.25, 0.3) is 0 Å². The number of sulfone groups is 1. The van der Waals surface area contributed by atoms with Crippen molar-refractivity contribution in [2.24, 2.45) is 11.7 Å². The van der Waals surface area contributed by atoms with Crippen LogP contribution < -0.4 is 11.1 Å². The molecule has 0 atom stereocenters. The van der Waals surface area contributed by atoms with Crippen molar-refractivity contribution in [3.8, 4) is 0 Å². The third-order valence-corrected chi connectivity index (χ3v) is 5.58. The lowest BCUT2D eigenvalue weighted by Crippen LogP contribution is -2.51. The maximum absolute atomic E-state index is 11.9. The van der Waals surface area contributed by atoms with Gasteiger partial charge >= 0.3 is 0 Å². The number of amides is 1. The van der Waals surface area contributed by atoms with E-state index in [0.29, 0.717) is 6.54 Å². The number of rotatable bonds is 7. The van der Waals surface area contributed by atoms with Crippen LogP contribution in [0.5, 0.6) is 0 Å². The van der Waals surface area contributed by atoms with Crippen molar-refractivity contribution in [1.82, 2.24) is 5.32 Å². The lowest BCUT2D eigenvalue weighted by molar-refractivity contribution is -0.122. The number of hydrogen-bond acceptors (Lipinski definition) is 4. The predicted molar refractivity (Wildman–Crippen MR) is 83.8 cm³/mol. The van der Waals surface area contributed by atoms with E-state index in [9.17, 15) is 13.2 Å². The van der Waals surface area contributed by atoms with Crippen LogP contribution in [0.4, 0.5) is 0 Å². The summed E-state index contributed by atoms with van der Waals surface area (Å²) in [5, 5.41) is 2.94. The summed E-state index contributed by atoms with van der Waals surface area (Å²) in [7, 11) is -3.13. The van der Waals surface area contributed by atoms with Gasteiger partial charge in [0.2, 0.25) is 5.91 Å². The zero-order chi connectivity index (χ0) is 14.5. The number of carbonyl (C=O) groups is 1. The van der Waals surface area contributed by atoms with Crippen LogP contribution in [-0.2, 0) is 14.6 Å². The summed E-state index contributed by atoms with van der Waals surface area (Å²) in [6, 6.07) is 0. The molecular formula is C13H27ClN2O3S. The van der Waals surface area contributed by atoms with Crippen LogP contribution >= 0.6 is 12.4 Å². The van der Waals surface area contributed by atoms with Crippen molar-refractivity contribution in [2.75, 3.05) is 18.1 Å². The molecule has 120 valence electrons. The van der Waals surface area contributed by atoms with Gasteiger partial charge in [-0.25, -0.2) is 8.42 Å². The lowest BCUT2D eigenvalue weighted by Gasteiger charge is -2.28. The Morgan fingerprint density at radius 3 is 2.30 bits per heavy atom. The zero-order valence-electron chi connectivity index (χ0n) is 12.4. The molecule has 0 aliphatic heterocycles. The highest BCUT2D eigenvalue weighted by molar-refractivity contribution is 7.91. The molecular weight excluding hydrogens is 300 g/mol. The van der Waals surface area contributed by atoms with Crippen LogP contribution in [-0.4, -0.2) is 37.9 Å². The number of hydrogen-bond donors (Lipinski definition) is 2. The van der Waals surface area contributed by atoms with E-state index in [0.717, 1.165) is 25.7 Å². The molecule has 1 amide bonds. The van der Waals surface area contributed by atoms with Crippen LogP contribution in [0, 0.1) is 5.92 Å². The molecule has 0 unspecified atom stereocenters. The first-order valence-electron chi connectivity index (χ1n) is 7.00. The van der Waals surface area contributed by atoms with E-state index >= 15 is 0 Å². The minimum absolute atomic E-state index is 0. The molecule has 1 aliphatic carbocycles. The van der Waals surface area contributed by atoms with Gasteiger partial charge in [0.05, 0.1) is 17.0 Å². The Balaban J connectivity index is 0.00000361. The van der Waals surface area contributed by atoms with Gasteiger partial charge in [-0.05, 0) is 18.8 Å². The average Bonchev–Trinajstić information content (AvgIpc) is 2.74. The summed E-state index contributed by atoms with van der Waals surface area (Å²) < 4.78 is 23.5. The molecule has 1 saturated carbocycles. The van der Waals surface area contributed by atoms with E-state index in [4.69, 9.17) is 5.73 Å². The first-order valence-corrected chi connectivity index (χ1v) is 8.82. The maximum Gasteiger partial charge on any atom is 0.221 e. The molecule has 1 rings (SSSR count). The Morgan fingerprint density at radius 2 is 1.85 bits per heavy atom. The number of nitrogens with two attached hydrogens (primary N) is 1. The number of nitrogens with one attached hydrogen (secondary N) is 1. The normalized spacial score (nSPS) is 17.8. The largest absolute Gasteiger partial charge is 0.349 e. The van der Waals surface area contributed by atoms with E-state index in [-0.39, 0.29) is 47.7 Å². The van der Waals surface area contributed by atoms with Gasteiger partial charge < -0.3 is 11.1 Å². The predicted octanol–water partition coefficient (Wildman–Crippen LogP) is 1.26. The molecule has 0 aromatic heterocycles. The lowest BCUT2D eigenvalue weighted by atomic mass is 9.98. The van der Waals surface area contributed by atoms with Crippen LogP contribution in [0.25, 0.3) is 0 Å². The molecule has 0 heterocycles. The molecule has 0 aromatic carbocycles. The minimum Gasteiger partial charge on any atom is -0.349 e. The van der Waals surface area contributed by atoms with Crippen molar-refractivity contribution < 1.29 is 13.2 Å². The summed E-state index contributed by atoms with van der Waals surface area (Å²) in [5.74, 6) is -0.0297. The van der Waals surface area contributed by atoms with Gasteiger partial charge in [0.15, 0.2) is 9.84 Å². The van der Waals surface area contributed by atoms with Crippen molar-refractivity contribution >= 4 is 28.2 Å². The average molecular weight is 327 g/mol. The molecule has 0 saturated heterocycles. The van der Waals surface area contributed by atoms with Crippen molar-refractivity contribution in [2.45, 2.75) is 51.5 Å². The van der Waals surface area contributed by atoms with Crippen LogP contribution in [0.1, 0.15) is 46.0 Å². The van der Waals surface area contributed by atoms with Gasteiger partial charge in [-0.1, -0.05) is 26.7 Å². The third-order valence-electron chi connectivity index (χ3n) is 3.58. The van der Waals surface area contributed by atoms with Crippen LogP contribution in [0.2, 0.25) is 0 Å². The number of halogens is 1. The highest BCUT2D eigenvalue weighted by Gasteiger charge is 2.33. The molecule has 3 N–H and O–H groups in total. The van der Waals surface area contributed by atoms with Crippen molar-refractivity contribution in [3.63, 3.8) is 0 Å². The molecule has 0 radical (unpaired) electrons. The molecule has 20 heavy (non-hydrogen) atoms. The standard InChI is InChI=1S/C13H26N2O3S.ClH/c1-11(2)9-19(17,18)8-5-12(16)15-13(10-14)6-3-4-7-13;/h11H,3-10,14H2,1-2H3,(H,15,16);1H. The van der Waals surface area contributed by atoms with E-state index in [1.807, 2.05) is 13.8 Å². The Kier molecular flexibility index (Phi) is 8.06. The fraction of sp³-hybridized carbons (Fsp3) is 0.923. The fourth-order valence-electron chi connectivity index (χ4n) is 2.63. The summed E-state index contributed by atoms with van der Waals surface area (Å²) in [5.41, 5.74) is 5.44. The molecule has 0 spiro atoms. The highest BCUT2D eigenvalue weighted by Crippen LogP contribution is 2.28. The smallest absolute Gasteiger partial charge is 0.221 e. The van der Waals surface area contributed by atoms with Crippen LogP contribution in [0.15, 0.2) is 0 Å². The minimum atomic E-state index is -3.13. The van der Waals surface area contributed by atoms with Gasteiger partial charge in [0, 0.05) is 13.0 Å². The zero-order valence-corrected chi connectivity index (χ0v) is 14.0. The topological polar surface area (TPSA) is 89.3 Å². The fourth-order valence-corrected chi connectivity index (χ4v) is 4.31. The highest BCUT2D eigenvalue weighted by atomic mass is 35.5. The monoisotopic (exact) mass is 326 g/mol. The van der Waals surface area contributed by atoms with Crippen LogP contribution in [0.3, 0.4) is 0 Å². The molecule has 1 aliphatic rings. The second-order valence-corrected chi connectivity index (χ2v) is 8.23.